The van der Waals surface area contributed by atoms with Crippen molar-refractivity contribution in [2.75, 3.05) is 5.32 Å². The Hall–Kier alpha value is -2.06. The molecule has 0 unspecified atom stereocenters. The monoisotopic (exact) mass is 338 g/mol. The predicted molar refractivity (Wildman–Crippen MR) is 105 cm³/mol. The minimum Gasteiger partial charge on any atom is -0.355 e. The number of halogens is 1. The summed E-state index contributed by atoms with van der Waals surface area (Å²) < 4.78 is 0. The average Bonchev–Trinajstić information content (AvgIpc) is 3.11. The van der Waals surface area contributed by atoms with Gasteiger partial charge >= 0.3 is 0 Å². The van der Waals surface area contributed by atoms with Gasteiger partial charge in [0.15, 0.2) is 0 Å². The first-order valence-electron chi connectivity index (χ1n) is 8.53. The van der Waals surface area contributed by atoms with Crippen molar-refractivity contribution in [2.45, 2.75) is 38.5 Å². The van der Waals surface area contributed by atoms with Crippen LogP contribution in [-0.2, 0) is 0 Å². The first-order chi connectivity index (χ1) is 11.3. The van der Waals surface area contributed by atoms with Gasteiger partial charge in [0.2, 0.25) is 0 Å². The van der Waals surface area contributed by atoms with Crippen LogP contribution in [0.5, 0.6) is 0 Å². The molecule has 1 aliphatic rings. The van der Waals surface area contributed by atoms with E-state index in [1.807, 2.05) is 0 Å². The molecule has 4 rings (SSSR count). The molecular formula is C21H23ClN2. The minimum atomic E-state index is 0. The van der Waals surface area contributed by atoms with E-state index in [4.69, 9.17) is 4.98 Å². The Balaban J connectivity index is 0.00000169. The summed E-state index contributed by atoms with van der Waals surface area (Å²) in [6.45, 7) is 2.11. The molecule has 2 aromatic carbocycles. The Labute approximate surface area is 149 Å². The lowest BCUT2D eigenvalue weighted by Crippen LogP contribution is -2.00. The molecule has 24 heavy (non-hydrogen) atoms. The second-order valence-corrected chi connectivity index (χ2v) is 6.58. The Bertz CT molecular complexity index is 821. The largest absolute Gasteiger partial charge is 0.355 e. The summed E-state index contributed by atoms with van der Waals surface area (Å²) in [5, 5.41) is 4.79. The van der Waals surface area contributed by atoms with Gasteiger partial charge in [0.05, 0.1) is 5.52 Å². The average molecular weight is 339 g/mol. The Morgan fingerprint density at radius 1 is 0.958 bits per heavy atom. The molecule has 0 saturated heterocycles. The second kappa shape index (κ2) is 7.23. The number of hydrogen-bond donors (Lipinski definition) is 1. The Morgan fingerprint density at radius 2 is 1.67 bits per heavy atom. The minimum absolute atomic E-state index is 0. The second-order valence-electron chi connectivity index (χ2n) is 6.58. The van der Waals surface area contributed by atoms with Crippen molar-refractivity contribution in [1.29, 1.82) is 0 Å². The summed E-state index contributed by atoms with van der Waals surface area (Å²) in [6.07, 6.45) is 5.21. The fourth-order valence-electron chi connectivity index (χ4n) is 3.52. The number of aryl methyl sites for hydroxylation is 1. The number of rotatable bonds is 3. The lowest BCUT2D eigenvalue weighted by atomic mass is 10.0. The van der Waals surface area contributed by atoms with Gasteiger partial charge in [-0.05, 0) is 44.0 Å². The number of pyridine rings is 1. The SMILES string of the molecule is Cc1ccc(Nc2cc(C3CCCC3)nc3ccccc23)cc1.Cl. The van der Waals surface area contributed by atoms with Gasteiger partial charge in [-0.3, -0.25) is 4.98 Å². The molecule has 0 amide bonds. The maximum atomic E-state index is 4.93. The van der Waals surface area contributed by atoms with Crippen LogP contribution in [0.2, 0.25) is 0 Å². The smallest absolute Gasteiger partial charge is 0.0726 e. The van der Waals surface area contributed by atoms with Gasteiger partial charge in [0.25, 0.3) is 0 Å². The zero-order valence-corrected chi connectivity index (χ0v) is 14.8. The maximum Gasteiger partial charge on any atom is 0.0726 e. The van der Waals surface area contributed by atoms with Crippen molar-refractivity contribution in [2.24, 2.45) is 0 Å². The number of nitrogens with zero attached hydrogens (tertiary/aromatic N) is 1. The number of anilines is 2. The molecule has 1 aliphatic carbocycles. The van der Waals surface area contributed by atoms with Crippen LogP contribution < -0.4 is 5.32 Å². The van der Waals surface area contributed by atoms with Crippen molar-refractivity contribution in [3.8, 4) is 0 Å². The van der Waals surface area contributed by atoms with Crippen molar-refractivity contribution in [3.63, 3.8) is 0 Å². The van der Waals surface area contributed by atoms with Gasteiger partial charge in [0, 0.05) is 28.4 Å². The van der Waals surface area contributed by atoms with E-state index in [1.165, 1.54) is 48.0 Å². The first kappa shape index (κ1) is 16.8. The molecule has 1 aromatic heterocycles. The van der Waals surface area contributed by atoms with Gasteiger partial charge in [-0.2, -0.15) is 0 Å². The number of fused-ring (bicyclic) bond motifs is 1. The van der Waals surface area contributed by atoms with Gasteiger partial charge in [-0.1, -0.05) is 48.7 Å². The fraction of sp³-hybridized carbons (Fsp3) is 0.286. The molecule has 2 nitrogen and oxygen atoms in total. The molecule has 1 heterocycles. The van der Waals surface area contributed by atoms with Gasteiger partial charge in [0.1, 0.15) is 0 Å². The summed E-state index contributed by atoms with van der Waals surface area (Å²) >= 11 is 0. The lowest BCUT2D eigenvalue weighted by Gasteiger charge is -2.15. The predicted octanol–water partition coefficient (Wildman–Crippen LogP) is 6.37. The number of hydrogen-bond acceptors (Lipinski definition) is 2. The molecule has 1 saturated carbocycles. The molecule has 3 heteroatoms. The van der Waals surface area contributed by atoms with Crippen molar-refractivity contribution >= 4 is 34.7 Å². The molecule has 0 aliphatic heterocycles. The fourth-order valence-corrected chi connectivity index (χ4v) is 3.52. The molecule has 0 bridgehead atoms. The highest BCUT2D eigenvalue weighted by Crippen LogP contribution is 2.36. The summed E-state index contributed by atoms with van der Waals surface area (Å²) in [5.74, 6) is 0.623. The number of para-hydroxylation sites is 1. The standard InChI is InChI=1S/C21H22N2.ClH/c1-15-10-12-17(13-11-15)22-21-14-20(16-6-2-3-7-16)23-19-9-5-4-8-18(19)21;/h4-5,8-14,16H,2-3,6-7H2,1H3,(H,22,23);1H. The third-order valence-corrected chi connectivity index (χ3v) is 4.84. The van der Waals surface area contributed by atoms with Crippen molar-refractivity contribution in [3.05, 3.63) is 65.9 Å². The number of aromatic nitrogens is 1. The van der Waals surface area contributed by atoms with Crippen LogP contribution >= 0.6 is 12.4 Å². The van der Waals surface area contributed by atoms with Crippen LogP contribution in [0.1, 0.15) is 42.9 Å². The Morgan fingerprint density at radius 3 is 2.42 bits per heavy atom. The van der Waals surface area contributed by atoms with Crippen LogP contribution in [0.25, 0.3) is 10.9 Å². The van der Waals surface area contributed by atoms with Crippen molar-refractivity contribution < 1.29 is 0 Å². The zero-order chi connectivity index (χ0) is 15.6. The van der Waals surface area contributed by atoms with Gasteiger partial charge < -0.3 is 5.32 Å². The Kier molecular flexibility index (Phi) is 5.06. The zero-order valence-electron chi connectivity index (χ0n) is 14.0. The van der Waals surface area contributed by atoms with Crippen LogP contribution in [0.3, 0.4) is 0 Å². The highest BCUT2D eigenvalue weighted by molar-refractivity contribution is 5.93. The van der Waals surface area contributed by atoms with Crippen LogP contribution in [-0.4, -0.2) is 4.98 Å². The highest BCUT2D eigenvalue weighted by atomic mass is 35.5. The molecule has 0 atom stereocenters. The van der Waals surface area contributed by atoms with Crippen molar-refractivity contribution in [1.82, 2.24) is 4.98 Å². The molecule has 3 aromatic rings. The van der Waals surface area contributed by atoms with Gasteiger partial charge in [-0.25, -0.2) is 0 Å². The van der Waals surface area contributed by atoms with Crippen LogP contribution in [0, 0.1) is 6.92 Å². The summed E-state index contributed by atoms with van der Waals surface area (Å²) in [4.78, 5) is 4.93. The summed E-state index contributed by atoms with van der Waals surface area (Å²) in [6, 6.07) is 19.2. The van der Waals surface area contributed by atoms with E-state index in [9.17, 15) is 0 Å². The van der Waals surface area contributed by atoms with E-state index >= 15 is 0 Å². The molecule has 1 fully saturated rings. The summed E-state index contributed by atoms with van der Waals surface area (Å²) in [5.41, 5.74) is 5.91. The highest BCUT2D eigenvalue weighted by Gasteiger charge is 2.19. The topological polar surface area (TPSA) is 24.9 Å². The first-order valence-corrected chi connectivity index (χ1v) is 8.53. The van der Waals surface area contributed by atoms with E-state index in [0.717, 1.165) is 11.2 Å². The number of nitrogens with one attached hydrogen (secondary N) is 1. The third kappa shape index (κ3) is 3.39. The molecule has 1 N–H and O–H groups in total. The third-order valence-electron chi connectivity index (χ3n) is 4.84. The van der Waals surface area contributed by atoms with E-state index in [1.54, 1.807) is 0 Å². The van der Waals surface area contributed by atoms with E-state index in [-0.39, 0.29) is 12.4 Å². The summed E-state index contributed by atoms with van der Waals surface area (Å²) in [7, 11) is 0. The normalized spacial score (nSPS) is 14.5. The van der Waals surface area contributed by atoms with Crippen LogP contribution in [0.15, 0.2) is 54.6 Å². The van der Waals surface area contributed by atoms with Crippen LogP contribution in [0.4, 0.5) is 11.4 Å². The number of benzene rings is 2. The quantitative estimate of drug-likeness (QED) is 0.600. The van der Waals surface area contributed by atoms with E-state index < -0.39 is 0 Å². The maximum absolute atomic E-state index is 4.93. The molecule has 0 spiro atoms. The van der Waals surface area contributed by atoms with Gasteiger partial charge in [-0.15, -0.1) is 12.4 Å². The molecule has 124 valence electrons. The van der Waals surface area contributed by atoms with E-state index in [2.05, 4.69) is 66.8 Å². The van der Waals surface area contributed by atoms with E-state index in [0.29, 0.717) is 5.92 Å². The molecular weight excluding hydrogens is 316 g/mol. The molecule has 0 radical (unpaired) electrons. The lowest BCUT2D eigenvalue weighted by molar-refractivity contribution is 0.701.